The molecule has 0 saturated carbocycles. The predicted octanol–water partition coefficient (Wildman–Crippen LogP) is 4.14. The second-order valence-corrected chi connectivity index (χ2v) is 8.11. The van der Waals surface area contributed by atoms with Crippen LogP contribution in [-0.2, 0) is 6.54 Å². The van der Waals surface area contributed by atoms with Crippen molar-refractivity contribution in [2.75, 3.05) is 31.1 Å². The van der Waals surface area contributed by atoms with E-state index in [9.17, 15) is 0 Å². The molecule has 28 heavy (non-hydrogen) atoms. The number of nitrogens with two attached hydrogens (primary N) is 1. The van der Waals surface area contributed by atoms with Crippen LogP contribution < -0.4 is 16.1 Å². The fraction of sp³-hybridized carbons (Fsp3) is 0.263. The molecule has 0 spiro atoms. The molecule has 1 aliphatic rings. The van der Waals surface area contributed by atoms with Crippen LogP contribution in [0.2, 0.25) is 15.1 Å². The maximum Gasteiger partial charge on any atom is 0.184 e. The molecule has 9 heteroatoms. The van der Waals surface area contributed by atoms with E-state index < -0.39 is 0 Å². The summed E-state index contributed by atoms with van der Waals surface area (Å²) < 4.78 is 0. The van der Waals surface area contributed by atoms with Gasteiger partial charge in [0.25, 0.3) is 0 Å². The number of hydrazone groups is 1. The van der Waals surface area contributed by atoms with Crippen LogP contribution in [0.4, 0.5) is 5.69 Å². The van der Waals surface area contributed by atoms with Crippen molar-refractivity contribution < 1.29 is 0 Å². The molecule has 0 atom stereocenters. The SMILES string of the molecule is NC(=S)N/N=C/c1ccc(N2CCN(Cc3ccc(Cl)c(Cl)c3)CC2)cc1Cl. The van der Waals surface area contributed by atoms with E-state index in [2.05, 4.69) is 20.3 Å². The Bertz CT molecular complexity index is 882. The number of hydrogen-bond acceptors (Lipinski definition) is 4. The van der Waals surface area contributed by atoms with Gasteiger partial charge >= 0.3 is 0 Å². The van der Waals surface area contributed by atoms with Gasteiger partial charge in [-0.1, -0.05) is 40.9 Å². The lowest BCUT2D eigenvalue weighted by Gasteiger charge is -2.36. The summed E-state index contributed by atoms with van der Waals surface area (Å²) in [5.74, 6) is 0. The highest BCUT2D eigenvalue weighted by molar-refractivity contribution is 7.80. The molecule has 0 bridgehead atoms. The third kappa shape index (κ3) is 5.72. The molecule has 1 fully saturated rings. The zero-order valence-electron chi connectivity index (χ0n) is 15.0. The molecule has 0 aliphatic carbocycles. The van der Waals surface area contributed by atoms with Crippen molar-refractivity contribution in [1.82, 2.24) is 10.3 Å². The number of piperazine rings is 1. The molecule has 3 N–H and O–H groups in total. The maximum absolute atomic E-state index is 6.38. The first kappa shape index (κ1) is 21.1. The van der Waals surface area contributed by atoms with Crippen LogP contribution in [0.3, 0.4) is 0 Å². The smallest absolute Gasteiger partial charge is 0.184 e. The Kier molecular flexibility index (Phi) is 7.37. The Balaban J connectivity index is 1.57. The fourth-order valence-electron chi connectivity index (χ4n) is 3.04. The molecular formula is C19H20Cl3N5S. The van der Waals surface area contributed by atoms with Gasteiger partial charge in [-0.15, -0.1) is 0 Å². The minimum Gasteiger partial charge on any atom is -0.375 e. The van der Waals surface area contributed by atoms with Crippen LogP contribution in [0, 0.1) is 0 Å². The predicted molar refractivity (Wildman–Crippen MR) is 123 cm³/mol. The molecule has 5 nitrogen and oxygen atoms in total. The minimum atomic E-state index is 0.114. The standard InChI is InChI=1S/C19H20Cl3N5S/c20-16-4-1-13(9-18(16)22)12-26-5-7-27(8-6-26)15-3-2-14(17(21)10-15)11-24-25-19(23)28/h1-4,9-11H,5-8,12H2,(H3,23,25,28)/b24-11+. The van der Waals surface area contributed by atoms with E-state index in [1.54, 1.807) is 6.21 Å². The molecular weight excluding hydrogens is 437 g/mol. The van der Waals surface area contributed by atoms with E-state index in [0.29, 0.717) is 15.1 Å². The van der Waals surface area contributed by atoms with Crippen LogP contribution in [0.15, 0.2) is 41.5 Å². The van der Waals surface area contributed by atoms with Gasteiger partial charge < -0.3 is 10.6 Å². The first-order valence-corrected chi connectivity index (χ1v) is 10.3. The Hall–Kier alpha value is -1.57. The van der Waals surface area contributed by atoms with E-state index in [0.717, 1.165) is 44.0 Å². The Morgan fingerprint density at radius 2 is 1.79 bits per heavy atom. The summed E-state index contributed by atoms with van der Waals surface area (Å²) in [7, 11) is 0. The van der Waals surface area contributed by atoms with Gasteiger partial charge in [0.2, 0.25) is 0 Å². The van der Waals surface area contributed by atoms with Crippen LogP contribution in [0.1, 0.15) is 11.1 Å². The number of nitrogens with one attached hydrogen (secondary N) is 1. The third-order valence-corrected chi connectivity index (χ3v) is 5.65. The average Bonchev–Trinajstić information content (AvgIpc) is 2.66. The zero-order valence-corrected chi connectivity index (χ0v) is 18.1. The molecule has 1 saturated heterocycles. The monoisotopic (exact) mass is 455 g/mol. The minimum absolute atomic E-state index is 0.114. The topological polar surface area (TPSA) is 56.9 Å². The van der Waals surface area contributed by atoms with Crippen molar-refractivity contribution in [1.29, 1.82) is 0 Å². The van der Waals surface area contributed by atoms with Crippen LogP contribution in [0.5, 0.6) is 0 Å². The van der Waals surface area contributed by atoms with Crippen molar-refractivity contribution in [3.05, 3.63) is 62.6 Å². The lowest BCUT2D eigenvalue weighted by molar-refractivity contribution is 0.250. The summed E-state index contributed by atoms with van der Waals surface area (Å²) >= 11 is 23.2. The third-order valence-electron chi connectivity index (χ3n) is 4.49. The summed E-state index contributed by atoms with van der Waals surface area (Å²) in [6, 6.07) is 11.7. The molecule has 1 heterocycles. The summed E-state index contributed by atoms with van der Waals surface area (Å²) in [5, 5.41) is 5.87. The number of benzene rings is 2. The van der Waals surface area contributed by atoms with Crippen molar-refractivity contribution in [3.8, 4) is 0 Å². The number of halogens is 3. The van der Waals surface area contributed by atoms with Gasteiger partial charge in [-0.05, 0) is 48.1 Å². The van der Waals surface area contributed by atoms with Crippen molar-refractivity contribution in [2.24, 2.45) is 10.8 Å². The number of rotatable bonds is 5. The lowest BCUT2D eigenvalue weighted by Crippen LogP contribution is -2.46. The summed E-state index contributed by atoms with van der Waals surface area (Å²) in [4.78, 5) is 4.73. The van der Waals surface area contributed by atoms with Crippen molar-refractivity contribution >= 4 is 64.0 Å². The second kappa shape index (κ2) is 9.76. The summed E-state index contributed by atoms with van der Waals surface area (Å²) in [6.07, 6.45) is 1.60. The zero-order chi connectivity index (χ0) is 20.1. The van der Waals surface area contributed by atoms with E-state index in [-0.39, 0.29) is 5.11 Å². The first-order chi connectivity index (χ1) is 13.4. The highest BCUT2D eigenvalue weighted by atomic mass is 35.5. The van der Waals surface area contributed by atoms with Crippen molar-refractivity contribution in [2.45, 2.75) is 6.54 Å². The van der Waals surface area contributed by atoms with Gasteiger partial charge in [0.1, 0.15) is 0 Å². The number of hydrogen-bond donors (Lipinski definition) is 2. The summed E-state index contributed by atoms with van der Waals surface area (Å²) in [6.45, 7) is 4.62. The molecule has 0 amide bonds. The quantitative estimate of drug-likeness (QED) is 0.402. The lowest BCUT2D eigenvalue weighted by atomic mass is 10.1. The van der Waals surface area contributed by atoms with Gasteiger partial charge in [0, 0.05) is 44.0 Å². The summed E-state index contributed by atoms with van der Waals surface area (Å²) in [5.41, 5.74) is 10.9. The molecule has 1 aliphatic heterocycles. The number of anilines is 1. The van der Waals surface area contributed by atoms with Gasteiger partial charge in [-0.2, -0.15) is 5.10 Å². The van der Waals surface area contributed by atoms with Crippen LogP contribution in [0.25, 0.3) is 0 Å². The molecule has 0 radical (unpaired) electrons. The number of nitrogens with zero attached hydrogens (tertiary/aromatic N) is 3. The van der Waals surface area contributed by atoms with Crippen LogP contribution >= 0.6 is 47.0 Å². The molecule has 3 rings (SSSR count). The number of thiocarbonyl (C=S) groups is 1. The largest absolute Gasteiger partial charge is 0.375 e. The molecule has 2 aromatic rings. The normalized spacial score (nSPS) is 15.2. The van der Waals surface area contributed by atoms with Crippen molar-refractivity contribution in [3.63, 3.8) is 0 Å². The van der Waals surface area contributed by atoms with E-state index in [4.69, 9.17) is 52.8 Å². The molecule has 148 valence electrons. The average molecular weight is 457 g/mol. The fourth-order valence-corrected chi connectivity index (χ4v) is 3.64. The van der Waals surface area contributed by atoms with E-state index >= 15 is 0 Å². The van der Waals surface area contributed by atoms with Crippen LogP contribution in [-0.4, -0.2) is 42.4 Å². The second-order valence-electron chi connectivity index (χ2n) is 6.45. The van der Waals surface area contributed by atoms with Gasteiger partial charge in [0.15, 0.2) is 5.11 Å². The molecule has 0 aromatic heterocycles. The highest BCUT2D eigenvalue weighted by Gasteiger charge is 2.18. The van der Waals surface area contributed by atoms with E-state index in [1.807, 2.05) is 36.4 Å². The highest BCUT2D eigenvalue weighted by Crippen LogP contribution is 2.26. The molecule has 0 unspecified atom stereocenters. The van der Waals surface area contributed by atoms with E-state index in [1.165, 1.54) is 5.56 Å². The Labute approximate surface area is 185 Å². The molecule has 2 aromatic carbocycles. The van der Waals surface area contributed by atoms with Gasteiger partial charge in [-0.25, -0.2) is 0 Å². The first-order valence-electron chi connectivity index (χ1n) is 8.71. The Morgan fingerprint density at radius 1 is 1.04 bits per heavy atom. The van der Waals surface area contributed by atoms with Gasteiger partial charge in [0.05, 0.1) is 21.3 Å². The van der Waals surface area contributed by atoms with Gasteiger partial charge in [-0.3, -0.25) is 10.3 Å². The Morgan fingerprint density at radius 3 is 2.43 bits per heavy atom. The maximum atomic E-state index is 6.38.